The number of hydrogen-bond acceptors (Lipinski definition) is 5. The molecule has 0 saturated carbocycles. The Labute approximate surface area is 163 Å². The molecule has 0 rings (SSSR count). The van der Waals surface area contributed by atoms with E-state index in [0.29, 0.717) is 52.0 Å². The summed E-state index contributed by atoms with van der Waals surface area (Å²) >= 11 is 0. The van der Waals surface area contributed by atoms with E-state index in [0.717, 1.165) is 19.3 Å². The zero-order chi connectivity index (χ0) is 20.5. The number of ether oxygens (including phenoxy) is 2. The van der Waals surface area contributed by atoms with Crippen molar-refractivity contribution in [2.45, 2.75) is 78.7 Å². The fourth-order valence-electron chi connectivity index (χ4n) is 2.23. The lowest BCUT2D eigenvalue weighted by atomic mass is 10.1. The highest BCUT2D eigenvalue weighted by atomic mass is 16.5. The summed E-state index contributed by atoms with van der Waals surface area (Å²) in [6.45, 7) is 9.67. The van der Waals surface area contributed by atoms with E-state index < -0.39 is 6.09 Å². The highest BCUT2D eigenvalue weighted by Gasteiger charge is 2.07. The second-order valence-electron chi connectivity index (χ2n) is 7.23. The third-order valence-corrected chi connectivity index (χ3v) is 3.83. The predicted octanol–water partition coefficient (Wildman–Crippen LogP) is 3.21. The van der Waals surface area contributed by atoms with Gasteiger partial charge in [-0.15, -0.1) is 0 Å². The van der Waals surface area contributed by atoms with E-state index in [4.69, 9.17) is 9.47 Å². The first-order chi connectivity index (χ1) is 12.8. The maximum absolute atomic E-state index is 11.8. The molecule has 0 aromatic rings. The second-order valence-corrected chi connectivity index (χ2v) is 7.23. The molecule has 0 aromatic heterocycles. The molecule has 0 spiro atoms. The lowest BCUT2D eigenvalue weighted by molar-refractivity contribution is -0.124. The number of unbranched alkanes of at least 4 members (excludes halogenated alkanes) is 2. The molecule has 0 saturated heterocycles. The van der Waals surface area contributed by atoms with Crippen LogP contribution in [0.1, 0.15) is 72.6 Å². The zero-order valence-corrected chi connectivity index (χ0v) is 17.5. The van der Waals surface area contributed by atoms with Gasteiger partial charge in [0.05, 0.1) is 19.3 Å². The topological polar surface area (TPSA) is 93.7 Å². The molecule has 0 aromatic carbocycles. The number of nitrogens with one attached hydrogen (secondary N) is 2. The predicted molar refractivity (Wildman–Crippen MR) is 106 cm³/mol. The van der Waals surface area contributed by atoms with Crippen LogP contribution in [-0.4, -0.2) is 50.2 Å². The molecule has 27 heavy (non-hydrogen) atoms. The van der Waals surface area contributed by atoms with Gasteiger partial charge in [0.25, 0.3) is 0 Å². The van der Waals surface area contributed by atoms with Crippen molar-refractivity contribution in [3.63, 3.8) is 0 Å². The fraction of sp³-hybridized carbons (Fsp3) is 0.850. The average Bonchev–Trinajstić information content (AvgIpc) is 2.60. The number of rotatable bonds is 16. The number of alkyl carbamates (subject to hydrolysis) is 1. The van der Waals surface area contributed by atoms with E-state index in [1.165, 1.54) is 0 Å². The van der Waals surface area contributed by atoms with E-state index in [2.05, 4.69) is 10.6 Å². The zero-order valence-electron chi connectivity index (χ0n) is 17.5. The molecule has 158 valence electrons. The fourth-order valence-corrected chi connectivity index (χ4v) is 2.23. The molecule has 2 amide bonds. The van der Waals surface area contributed by atoms with Gasteiger partial charge in [-0.3, -0.25) is 9.59 Å². The average molecular weight is 387 g/mol. The Bertz CT molecular complexity index is 425. The minimum absolute atomic E-state index is 0.0227. The molecular formula is C20H38N2O5. The van der Waals surface area contributed by atoms with Crippen LogP contribution in [-0.2, 0) is 19.1 Å². The largest absolute Gasteiger partial charge is 0.449 e. The Balaban J connectivity index is 3.41. The van der Waals surface area contributed by atoms with Crippen molar-refractivity contribution in [1.29, 1.82) is 0 Å². The van der Waals surface area contributed by atoms with Crippen molar-refractivity contribution in [2.24, 2.45) is 5.92 Å². The molecule has 0 aliphatic heterocycles. The van der Waals surface area contributed by atoms with Gasteiger partial charge in [0, 0.05) is 38.3 Å². The number of carbonyl (C=O) groups excluding carboxylic acids is 3. The summed E-state index contributed by atoms with van der Waals surface area (Å²) in [5.74, 6) is 0.229. The Kier molecular flexibility index (Phi) is 15.5. The van der Waals surface area contributed by atoms with Crippen LogP contribution in [0.25, 0.3) is 0 Å². The second kappa shape index (κ2) is 16.5. The number of ketones is 1. The van der Waals surface area contributed by atoms with Gasteiger partial charge in [-0.2, -0.15) is 0 Å². The third-order valence-electron chi connectivity index (χ3n) is 3.83. The van der Waals surface area contributed by atoms with Gasteiger partial charge in [-0.25, -0.2) is 4.79 Å². The first-order valence-electron chi connectivity index (χ1n) is 10.1. The highest BCUT2D eigenvalue weighted by molar-refractivity contribution is 5.79. The molecular weight excluding hydrogens is 348 g/mol. The van der Waals surface area contributed by atoms with Gasteiger partial charge < -0.3 is 20.1 Å². The Morgan fingerprint density at radius 3 is 2.11 bits per heavy atom. The van der Waals surface area contributed by atoms with Crippen LogP contribution < -0.4 is 10.6 Å². The van der Waals surface area contributed by atoms with Crippen molar-refractivity contribution in [1.82, 2.24) is 10.6 Å². The van der Waals surface area contributed by atoms with Gasteiger partial charge in [0.15, 0.2) is 0 Å². The first kappa shape index (κ1) is 25.4. The van der Waals surface area contributed by atoms with Gasteiger partial charge in [-0.1, -0.05) is 20.3 Å². The van der Waals surface area contributed by atoms with Crippen LogP contribution >= 0.6 is 0 Å². The van der Waals surface area contributed by atoms with E-state index >= 15 is 0 Å². The smallest absolute Gasteiger partial charge is 0.407 e. The molecule has 0 bridgehead atoms. The summed E-state index contributed by atoms with van der Waals surface area (Å²) in [6.07, 6.45) is 4.75. The first-order valence-corrected chi connectivity index (χ1v) is 10.1. The van der Waals surface area contributed by atoms with E-state index in [9.17, 15) is 14.4 Å². The molecule has 2 N–H and O–H groups in total. The monoisotopic (exact) mass is 386 g/mol. The number of hydrogen-bond donors (Lipinski definition) is 2. The Hall–Kier alpha value is -1.63. The summed E-state index contributed by atoms with van der Waals surface area (Å²) in [7, 11) is 0. The molecule has 0 unspecified atom stereocenters. The van der Waals surface area contributed by atoms with Crippen LogP contribution in [0.3, 0.4) is 0 Å². The van der Waals surface area contributed by atoms with Crippen LogP contribution in [0.5, 0.6) is 0 Å². The van der Waals surface area contributed by atoms with Gasteiger partial charge >= 0.3 is 6.09 Å². The summed E-state index contributed by atoms with van der Waals surface area (Å²) in [4.78, 5) is 34.6. The van der Waals surface area contributed by atoms with E-state index in [1.807, 2.05) is 27.7 Å². The lowest BCUT2D eigenvalue weighted by Crippen LogP contribution is -2.28. The standard InChI is InChI=1S/C20H38N2O5/c1-16(2)19(24)21-13-8-11-18(23)10-6-5-7-12-22-20(25)27-15-9-14-26-17(3)4/h16-17H,5-15H2,1-4H3,(H,21,24)(H,22,25). The Morgan fingerprint density at radius 2 is 1.44 bits per heavy atom. The highest BCUT2D eigenvalue weighted by Crippen LogP contribution is 2.04. The van der Waals surface area contributed by atoms with Crippen LogP contribution in [0.2, 0.25) is 0 Å². The van der Waals surface area contributed by atoms with Gasteiger partial charge in [0.2, 0.25) is 5.91 Å². The maximum Gasteiger partial charge on any atom is 0.407 e. The van der Waals surface area contributed by atoms with Crippen molar-refractivity contribution in [3.05, 3.63) is 0 Å². The number of Topliss-reactive ketones (excluding diaryl/α,β-unsaturated/α-hetero) is 1. The maximum atomic E-state index is 11.8. The van der Waals surface area contributed by atoms with E-state index in [-0.39, 0.29) is 23.7 Å². The molecule has 0 aliphatic rings. The summed E-state index contributed by atoms with van der Waals surface area (Å²) in [5.41, 5.74) is 0. The van der Waals surface area contributed by atoms with Crippen molar-refractivity contribution < 1.29 is 23.9 Å². The SMILES string of the molecule is CC(C)OCCCOC(=O)NCCCCCC(=O)CCCNC(=O)C(C)C. The van der Waals surface area contributed by atoms with Crippen molar-refractivity contribution in [2.75, 3.05) is 26.3 Å². The lowest BCUT2D eigenvalue weighted by Gasteiger charge is -2.09. The molecule has 0 heterocycles. The summed E-state index contributed by atoms with van der Waals surface area (Å²) in [6, 6.07) is 0. The quantitative estimate of drug-likeness (QED) is 0.397. The van der Waals surface area contributed by atoms with E-state index in [1.54, 1.807) is 0 Å². The van der Waals surface area contributed by atoms with Crippen LogP contribution in [0.4, 0.5) is 4.79 Å². The van der Waals surface area contributed by atoms with Crippen LogP contribution in [0.15, 0.2) is 0 Å². The minimum atomic E-state index is -0.404. The summed E-state index contributed by atoms with van der Waals surface area (Å²) in [5, 5.41) is 5.51. The summed E-state index contributed by atoms with van der Waals surface area (Å²) < 4.78 is 10.4. The molecule has 0 radical (unpaired) electrons. The molecule has 0 fully saturated rings. The molecule has 0 aliphatic carbocycles. The van der Waals surface area contributed by atoms with Gasteiger partial charge in [-0.05, 0) is 33.1 Å². The minimum Gasteiger partial charge on any atom is -0.449 e. The number of amides is 2. The molecule has 7 nitrogen and oxygen atoms in total. The van der Waals surface area contributed by atoms with Gasteiger partial charge in [0.1, 0.15) is 5.78 Å². The van der Waals surface area contributed by atoms with Crippen molar-refractivity contribution >= 4 is 17.8 Å². The molecule has 0 atom stereocenters. The van der Waals surface area contributed by atoms with Crippen LogP contribution in [0, 0.1) is 5.92 Å². The third kappa shape index (κ3) is 17.5. The normalized spacial score (nSPS) is 10.9. The number of carbonyl (C=O) groups is 3. The molecule has 7 heteroatoms. The van der Waals surface area contributed by atoms with Crippen molar-refractivity contribution in [3.8, 4) is 0 Å². The Morgan fingerprint density at radius 1 is 0.778 bits per heavy atom.